The van der Waals surface area contributed by atoms with Gasteiger partial charge in [-0.3, -0.25) is 9.59 Å². The molecule has 2 rings (SSSR count). The molecule has 1 aliphatic rings. The maximum atomic E-state index is 12.1. The number of Topliss-reactive ketones (excluding diaryl/α,β-unsaturated/α-hetero) is 1. The molecule has 1 aliphatic heterocycles. The van der Waals surface area contributed by atoms with Crippen LogP contribution in [0.5, 0.6) is 0 Å². The number of halogens is 1. The summed E-state index contributed by atoms with van der Waals surface area (Å²) in [4.78, 5) is 23.2. The Morgan fingerprint density at radius 1 is 1.38 bits per heavy atom. The molecule has 0 spiro atoms. The zero-order valence-electron chi connectivity index (χ0n) is 8.27. The van der Waals surface area contributed by atoms with Gasteiger partial charge < -0.3 is 9.84 Å². The first-order valence-electron chi connectivity index (χ1n) is 4.68. The smallest absolute Gasteiger partial charge is 0.322 e. The molecule has 1 heterocycles. The first-order valence-corrected chi connectivity index (χ1v) is 5.47. The van der Waals surface area contributed by atoms with E-state index in [-0.39, 0.29) is 13.2 Å². The molecular formula is C11H9BrO4. The van der Waals surface area contributed by atoms with Crippen molar-refractivity contribution < 1.29 is 19.4 Å². The van der Waals surface area contributed by atoms with Gasteiger partial charge in [-0.2, -0.15) is 0 Å². The number of hydrogen-bond acceptors (Lipinski definition) is 3. The van der Waals surface area contributed by atoms with E-state index in [1.54, 1.807) is 24.3 Å². The van der Waals surface area contributed by atoms with Gasteiger partial charge in [0.05, 0.1) is 13.2 Å². The van der Waals surface area contributed by atoms with Crippen molar-refractivity contribution in [1.82, 2.24) is 0 Å². The van der Waals surface area contributed by atoms with Crippen molar-refractivity contribution >= 4 is 27.7 Å². The van der Waals surface area contributed by atoms with Crippen LogP contribution in [0, 0.1) is 5.41 Å². The van der Waals surface area contributed by atoms with Crippen molar-refractivity contribution in [1.29, 1.82) is 0 Å². The second kappa shape index (κ2) is 3.99. The summed E-state index contributed by atoms with van der Waals surface area (Å²) in [7, 11) is 0. The zero-order valence-corrected chi connectivity index (χ0v) is 9.86. The van der Waals surface area contributed by atoms with Crippen molar-refractivity contribution in [2.24, 2.45) is 5.41 Å². The molecule has 0 unspecified atom stereocenters. The van der Waals surface area contributed by atoms with Crippen molar-refractivity contribution in [2.45, 2.75) is 0 Å². The van der Waals surface area contributed by atoms with E-state index in [4.69, 9.17) is 9.84 Å². The topological polar surface area (TPSA) is 63.6 Å². The highest BCUT2D eigenvalue weighted by molar-refractivity contribution is 9.10. The van der Waals surface area contributed by atoms with Crippen molar-refractivity contribution in [3.05, 3.63) is 34.3 Å². The number of rotatable bonds is 3. The summed E-state index contributed by atoms with van der Waals surface area (Å²) in [6.07, 6.45) is 0. The van der Waals surface area contributed by atoms with Crippen molar-refractivity contribution in [2.75, 3.05) is 13.2 Å². The van der Waals surface area contributed by atoms with E-state index in [1.807, 2.05) is 0 Å². The highest BCUT2D eigenvalue weighted by atomic mass is 79.9. The molecule has 0 bridgehead atoms. The fraction of sp³-hybridized carbons (Fsp3) is 0.273. The highest BCUT2D eigenvalue weighted by Gasteiger charge is 2.53. The SMILES string of the molecule is O=C(O)C1(C(=O)c2cccc(Br)c2)COC1. The number of carbonyl (C=O) groups excluding carboxylic acids is 1. The molecule has 1 saturated heterocycles. The third-order valence-corrected chi connectivity index (χ3v) is 3.12. The molecule has 0 saturated carbocycles. The van der Waals surface area contributed by atoms with E-state index in [0.29, 0.717) is 5.56 Å². The number of hydrogen-bond donors (Lipinski definition) is 1. The van der Waals surface area contributed by atoms with Crippen LogP contribution in [0.1, 0.15) is 10.4 Å². The Balaban J connectivity index is 2.35. The molecular weight excluding hydrogens is 276 g/mol. The molecule has 4 nitrogen and oxygen atoms in total. The number of ketones is 1. The van der Waals surface area contributed by atoms with Crippen LogP contribution in [0.2, 0.25) is 0 Å². The molecule has 5 heteroatoms. The van der Waals surface area contributed by atoms with Gasteiger partial charge in [-0.25, -0.2) is 0 Å². The molecule has 0 atom stereocenters. The average molecular weight is 285 g/mol. The Bertz CT molecular complexity index is 451. The van der Waals surface area contributed by atoms with Gasteiger partial charge in [0.2, 0.25) is 0 Å². The third-order valence-electron chi connectivity index (χ3n) is 2.63. The van der Waals surface area contributed by atoms with Crippen LogP contribution in [-0.2, 0) is 9.53 Å². The van der Waals surface area contributed by atoms with E-state index in [0.717, 1.165) is 4.47 Å². The normalized spacial score (nSPS) is 17.6. The van der Waals surface area contributed by atoms with Crippen molar-refractivity contribution in [3.63, 3.8) is 0 Å². The van der Waals surface area contributed by atoms with Crippen LogP contribution >= 0.6 is 15.9 Å². The van der Waals surface area contributed by atoms with E-state index >= 15 is 0 Å². The van der Waals surface area contributed by atoms with Crippen LogP contribution < -0.4 is 0 Å². The lowest BCUT2D eigenvalue weighted by atomic mass is 9.78. The van der Waals surface area contributed by atoms with E-state index in [9.17, 15) is 9.59 Å². The van der Waals surface area contributed by atoms with E-state index in [2.05, 4.69) is 15.9 Å². The Labute approximate surface area is 100 Å². The fourth-order valence-corrected chi connectivity index (χ4v) is 1.96. The number of ether oxygens (including phenoxy) is 1. The van der Waals surface area contributed by atoms with Crippen LogP contribution in [0.4, 0.5) is 0 Å². The number of benzene rings is 1. The molecule has 0 amide bonds. The van der Waals surface area contributed by atoms with Crippen LogP contribution in [0.3, 0.4) is 0 Å². The van der Waals surface area contributed by atoms with Gasteiger partial charge in [0, 0.05) is 10.0 Å². The minimum atomic E-state index is -1.39. The summed E-state index contributed by atoms with van der Waals surface area (Å²) >= 11 is 3.24. The van der Waals surface area contributed by atoms with Crippen LogP contribution in [-0.4, -0.2) is 30.1 Å². The second-order valence-electron chi connectivity index (χ2n) is 3.72. The van der Waals surface area contributed by atoms with Crippen LogP contribution in [0.15, 0.2) is 28.7 Å². The molecule has 1 N–H and O–H groups in total. The Hall–Kier alpha value is -1.20. The lowest BCUT2D eigenvalue weighted by Gasteiger charge is -2.35. The first kappa shape index (κ1) is 11.3. The number of carboxylic acid groups (broad SMARTS) is 1. The first-order chi connectivity index (χ1) is 7.56. The Morgan fingerprint density at radius 3 is 2.50 bits per heavy atom. The lowest BCUT2D eigenvalue weighted by molar-refractivity contribution is -0.168. The standard InChI is InChI=1S/C11H9BrO4/c12-8-3-1-2-7(4-8)9(13)11(10(14)15)5-16-6-11/h1-4H,5-6H2,(H,14,15). The molecule has 1 aromatic carbocycles. The summed E-state index contributed by atoms with van der Waals surface area (Å²) in [5.41, 5.74) is -0.999. The Kier molecular flexibility index (Phi) is 2.82. The fourth-order valence-electron chi connectivity index (χ4n) is 1.56. The van der Waals surface area contributed by atoms with E-state index in [1.165, 1.54) is 0 Å². The quantitative estimate of drug-likeness (QED) is 0.678. The summed E-state index contributed by atoms with van der Waals surface area (Å²) in [5, 5.41) is 9.07. The maximum absolute atomic E-state index is 12.1. The summed E-state index contributed by atoms with van der Waals surface area (Å²) < 4.78 is 5.61. The third kappa shape index (κ3) is 1.66. The van der Waals surface area contributed by atoms with Crippen molar-refractivity contribution in [3.8, 4) is 0 Å². The van der Waals surface area contributed by atoms with E-state index < -0.39 is 17.2 Å². The molecule has 16 heavy (non-hydrogen) atoms. The number of carbonyl (C=O) groups is 2. The van der Waals surface area contributed by atoms with Gasteiger partial charge in [0.15, 0.2) is 11.2 Å². The van der Waals surface area contributed by atoms with Crippen LogP contribution in [0.25, 0.3) is 0 Å². The summed E-state index contributed by atoms with van der Waals surface area (Å²) in [6, 6.07) is 6.70. The minimum Gasteiger partial charge on any atom is -0.480 e. The number of aliphatic carboxylic acids is 1. The van der Waals surface area contributed by atoms with Gasteiger partial charge in [-0.15, -0.1) is 0 Å². The molecule has 0 aromatic heterocycles. The van der Waals surface area contributed by atoms with Gasteiger partial charge in [0.25, 0.3) is 0 Å². The van der Waals surface area contributed by atoms with Gasteiger partial charge in [-0.05, 0) is 12.1 Å². The second-order valence-corrected chi connectivity index (χ2v) is 4.64. The minimum absolute atomic E-state index is 0.0479. The molecule has 0 radical (unpaired) electrons. The molecule has 84 valence electrons. The number of carboxylic acids is 1. The highest BCUT2D eigenvalue weighted by Crippen LogP contribution is 2.32. The molecule has 0 aliphatic carbocycles. The summed E-state index contributed by atoms with van der Waals surface area (Å²) in [5.74, 6) is -1.52. The largest absolute Gasteiger partial charge is 0.480 e. The van der Waals surface area contributed by atoms with Gasteiger partial charge >= 0.3 is 5.97 Å². The monoisotopic (exact) mass is 284 g/mol. The van der Waals surface area contributed by atoms with Gasteiger partial charge in [-0.1, -0.05) is 28.1 Å². The molecule has 1 aromatic rings. The predicted octanol–water partition coefficient (Wildman–Crippen LogP) is 1.73. The average Bonchev–Trinajstić information content (AvgIpc) is 2.15. The van der Waals surface area contributed by atoms with Gasteiger partial charge in [0.1, 0.15) is 0 Å². The molecule has 1 fully saturated rings. The Morgan fingerprint density at radius 2 is 2.06 bits per heavy atom. The maximum Gasteiger partial charge on any atom is 0.322 e. The summed E-state index contributed by atoms with van der Waals surface area (Å²) in [6.45, 7) is -0.0959. The predicted molar refractivity (Wildman–Crippen MR) is 59.4 cm³/mol. The zero-order chi connectivity index (χ0) is 11.8. The lowest BCUT2D eigenvalue weighted by Crippen LogP contribution is -2.54.